The molecule has 2 aromatic rings. The molecule has 1 N–H and O–H groups in total. The van der Waals surface area contributed by atoms with E-state index in [1.54, 1.807) is 0 Å². The van der Waals surface area contributed by atoms with Gasteiger partial charge in [0, 0.05) is 46.0 Å². The molecule has 1 aromatic heterocycles. The molecule has 27 heavy (non-hydrogen) atoms. The van der Waals surface area contributed by atoms with Crippen LogP contribution < -0.4 is 10.2 Å². The Morgan fingerprint density at radius 3 is 2.67 bits per heavy atom. The largest absolute Gasteiger partial charge is 0.357 e. The number of aliphatic imine (C=N–C) groups is 1. The van der Waals surface area contributed by atoms with Crippen LogP contribution >= 0.6 is 24.0 Å². The van der Waals surface area contributed by atoms with Crippen molar-refractivity contribution in [3.05, 3.63) is 59.3 Å². The van der Waals surface area contributed by atoms with Gasteiger partial charge in [-0.15, -0.1) is 24.0 Å². The minimum Gasteiger partial charge on any atom is -0.357 e. The maximum Gasteiger partial charge on any atom is 0.194 e. The van der Waals surface area contributed by atoms with Gasteiger partial charge in [0.05, 0.1) is 0 Å². The van der Waals surface area contributed by atoms with Gasteiger partial charge in [0.2, 0.25) is 0 Å². The highest BCUT2D eigenvalue weighted by Crippen LogP contribution is 2.20. The standard InChI is InChI=1S/C21H27N5.HI/c1-22-21(26-13-9-18-6-2-3-7-19(18)16-26)24-15-17-8-10-23-20(14-17)25-11-4-5-12-25;/h2-3,6-8,10,14H,4-5,9,11-13,15-16H2,1H3,(H,22,24);1H. The zero-order valence-electron chi connectivity index (χ0n) is 15.9. The number of hydrogen-bond donors (Lipinski definition) is 1. The smallest absolute Gasteiger partial charge is 0.194 e. The Morgan fingerprint density at radius 1 is 1.11 bits per heavy atom. The molecule has 0 amide bonds. The number of rotatable bonds is 3. The molecule has 2 aliphatic heterocycles. The number of fused-ring (bicyclic) bond motifs is 1. The van der Waals surface area contributed by atoms with Crippen molar-refractivity contribution in [1.29, 1.82) is 0 Å². The molecule has 0 saturated carbocycles. The fourth-order valence-corrected chi connectivity index (χ4v) is 3.88. The molecule has 0 bridgehead atoms. The topological polar surface area (TPSA) is 43.8 Å². The number of anilines is 1. The summed E-state index contributed by atoms with van der Waals surface area (Å²) in [6.07, 6.45) is 5.54. The lowest BCUT2D eigenvalue weighted by atomic mass is 10.0. The SMILES string of the molecule is CN=C(NCc1ccnc(N2CCCC2)c1)N1CCc2ccccc2C1.I. The molecular formula is C21H28IN5. The van der Waals surface area contributed by atoms with Crippen molar-refractivity contribution >= 4 is 35.8 Å². The van der Waals surface area contributed by atoms with Crippen LogP contribution in [-0.4, -0.2) is 42.5 Å². The summed E-state index contributed by atoms with van der Waals surface area (Å²) in [5, 5.41) is 3.53. The first-order valence-electron chi connectivity index (χ1n) is 9.56. The Labute approximate surface area is 178 Å². The molecule has 0 spiro atoms. The van der Waals surface area contributed by atoms with Crippen molar-refractivity contribution in [1.82, 2.24) is 15.2 Å². The predicted octanol–water partition coefficient (Wildman–Crippen LogP) is 3.43. The van der Waals surface area contributed by atoms with Gasteiger partial charge in [0.25, 0.3) is 0 Å². The van der Waals surface area contributed by atoms with Crippen LogP contribution in [0.25, 0.3) is 0 Å². The highest BCUT2D eigenvalue weighted by atomic mass is 127. The molecule has 1 fully saturated rings. The van der Waals surface area contributed by atoms with Gasteiger partial charge < -0.3 is 15.1 Å². The van der Waals surface area contributed by atoms with E-state index < -0.39 is 0 Å². The zero-order chi connectivity index (χ0) is 17.8. The van der Waals surface area contributed by atoms with Gasteiger partial charge in [-0.2, -0.15) is 0 Å². The van der Waals surface area contributed by atoms with Gasteiger partial charge >= 0.3 is 0 Å². The van der Waals surface area contributed by atoms with Gasteiger partial charge in [-0.1, -0.05) is 24.3 Å². The van der Waals surface area contributed by atoms with Crippen LogP contribution in [0.3, 0.4) is 0 Å². The number of nitrogens with one attached hydrogen (secondary N) is 1. The van der Waals surface area contributed by atoms with Gasteiger partial charge in [0.15, 0.2) is 5.96 Å². The van der Waals surface area contributed by atoms with Gasteiger partial charge in [-0.05, 0) is 48.1 Å². The normalized spacial score (nSPS) is 16.7. The van der Waals surface area contributed by atoms with Crippen LogP contribution in [0.1, 0.15) is 29.5 Å². The molecule has 3 heterocycles. The predicted molar refractivity (Wildman–Crippen MR) is 122 cm³/mol. The first-order valence-corrected chi connectivity index (χ1v) is 9.56. The summed E-state index contributed by atoms with van der Waals surface area (Å²) >= 11 is 0. The fourth-order valence-electron chi connectivity index (χ4n) is 3.88. The second kappa shape index (κ2) is 9.39. The molecule has 0 aliphatic carbocycles. The van der Waals surface area contributed by atoms with Gasteiger partial charge in [0.1, 0.15) is 5.82 Å². The van der Waals surface area contributed by atoms with E-state index in [4.69, 9.17) is 0 Å². The monoisotopic (exact) mass is 477 g/mol. The molecule has 0 unspecified atom stereocenters. The number of benzene rings is 1. The lowest BCUT2D eigenvalue weighted by Crippen LogP contribution is -2.43. The molecule has 0 atom stereocenters. The lowest BCUT2D eigenvalue weighted by Gasteiger charge is -2.31. The number of halogens is 1. The second-order valence-corrected chi connectivity index (χ2v) is 7.06. The third-order valence-electron chi connectivity index (χ3n) is 5.33. The number of nitrogens with zero attached hydrogens (tertiary/aromatic N) is 4. The quantitative estimate of drug-likeness (QED) is 0.418. The van der Waals surface area contributed by atoms with Crippen molar-refractivity contribution in [3.8, 4) is 0 Å². The Bertz CT molecular complexity index is 786. The van der Waals surface area contributed by atoms with E-state index in [0.717, 1.165) is 50.9 Å². The molecular weight excluding hydrogens is 449 g/mol. The Hall–Kier alpha value is -1.83. The number of guanidine groups is 1. The van der Waals surface area contributed by atoms with Crippen molar-refractivity contribution in [3.63, 3.8) is 0 Å². The Morgan fingerprint density at radius 2 is 1.89 bits per heavy atom. The Balaban J connectivity index is 0.00000210. The van der Waals surface area contributed by atoms with Crippen LogP contribution in [0.2, 0.25) is 0 Å². The van der Waals surface area contributed by atoms with E-state index in [-0.39, 0.29) is 24.0 Å². The highest BCUT2D eigenvalue weighted by Gasteiger charge is 2.19. The van der Waals surface area contributed by atoms with Crippen molar-refractivity contribution < 1.29 is 0 Å². The highest BCUT2D eigenvalue weighted by molar-refractivity contribution is 14.0. The first kappa shape index (κ1) is 19.9. The zero-order valence-corrected chi connectivity index (χ0v) is 18.2. The summed E-state index contributed by atoms with van der Waals surface area (Å²) in [4.78, 5) is 13.8. The third-order valence-corrected chi connectivity index (χ3v) is 5.33. The number of pyridine rings is 1. The van der Waals surface area contributed by atoms with Crippen molar-refractivity contribution in [2.24, 2.45) is 4.99 Å². The molecule has 1 saturated heterocycles. The van der Waals surface area contributed by atoms with E-state index in [2.05, 4.69) is 61.5 Å². The van der Waals surface area contributed by atoms with Crippen LogP contribution in [-0.2, 0) is 19.5 Å². The summed E-state index contributed by atoms with van der Waals surface area (Å²) in [6.45, 7) is 4.95. The first-order chi connectivity index (χ1) is 12.8. The molecule has 2 aliphatic rings. The molecule has 0 radical (unpaired) electrons. The summed E-state index contributed by atoms with van der Waals surface area (Å²) in [6, 6.07) is 13.0. The number of hydrogen-bond acceptors (Lipinski definition) is 3. The van der Waals surface area contributed by atoms with Crippen LogP contribution in [0, 0.1) is 0 Å². The van der Waals surface area contributed by atoms with Crippen molar-refractivity contribution in [2.45, 2.75) is 32.4 Å². The van der Waals surface area contributed by atoms with E-state index in [0.29, 0.717) is 0 Å². The fraction of sp³-hybridized carbons (Fsp3) is 0.429. The summed E-state index contributed by atoms with van der Waals surface area (Å²) < 4.78 is 0. The minimum atomic E-state index is 0. The summed E-state index contributed by atoms with van der Waals surface area (Å²) in [5.74, 6) is 2.07. The molecule has 5 nitrogen and oxygen atoms in total. The molecule has 144 valence electrons. The maximum absolute atomic E-state index is 4.54. The average Bonchev–Trinajstić information content (AvgIpc) is 3.23. The van der Waals surface area contributed by atoms with E-state index in [1.165, 1.54) is 29.5 Å². The summed E-state index contributed by atoms with van der Waals surface area (Å²) in [5.41, 5.74) is 4.12. The van der Waals surface area contributed by atoms with Crippen LogP contribution in [0.15, 0.2) is 47.6 Å². The molecule has 1 aromatic carbocycles. The van der Waals surface area contributed by atoms with Crippen LogP contribution in [0.4, 0.5) is 5.82 Å². The van der Waals surface area contributed by atoms with E-state index >= 15 is 0 Å². The van der Waals surface area contributed by atoms with Gasteiger partial charge in [-0.25, -0.2) is 4.98 Å². The second-order valence-electron chi connectivity index (χ2n) is 7.06. The van der Waals surface area contributed by atoms with E-state index in [9.17, 15) is 0 Å². The third kappa shape index (κ3) is 4.72. The Kier molecular flexibility index (Phi) is 6.93. The molecule has 4 rings (SSSR count). The van der Waals surface area contributed by atoms with E-state index in [1.807, 2.05) is 13.2 Å². The van der Waals surface area contributed by atoms with Gasteiger partial charge in [-0.3, -0.25) is 4.99 Å². The summed E-state index contributed by atoms with van der Waals surface area (Å²) in [7, 11) is 1.87. The average molecular weight is 477 g/mol. The number of aromatic nitrogens is 1. The maximum atomic E-state index is 4.54. The van der Waals surface area contributed by atoms with Crippen LogP contribution in [0.5, 0.6) is 0 Å². The lowest BCUT2D eigenvalue weighted by molar-refractivity contribution is 0.378. The molecule has 6 heteroatoms. The van der Waals surface area contributed by atoms with Crippen molar-refractivity contribution in [2.75, 3.05) is 31.6 Å². The minimum absolute atomic E-state index is 0.